The van der Waals surface area contributed by atoms with Gasteiger partial charge in [0.1, 0.15) is 35.6 Å². The highest BCUT2D eigenvalue weighted by molar-refractivity contribution is 14.1. The number of ether oxygens (including phenoxy) is 2. The molecule has 7 nitrogen and oxygen atoms in total. The lowest BCUT2D eigenvalue weighted by Crippen LogP contribution is -2.05. The molecule has 0 fully saturated rings. The number of nitrogen functional groups attached to an aromatic ring is 2. The molecule has 3 aromatic rings. The highest BCUT2D eigenvalue weighted by atomic mass is 127. The molecule has 0 amide bonds. The predicted molar refractivity (Wildman–Crippen MR) is 111 cm³/mol. The predicted octanol–water partition coefficient (Wildman–Crippen LogP) is 3.37. The molecule has 0 atom stereocenters. The second-order valence-corrected chi connectivity index (χ2v) is 6.82. The van der Waals surface area contributed by atoms with E-state index >= 15 is 0 Å². The molecular formula is C19H16IN5O2. The van der Waals surface area contributed by atoms with Crippen molar-refractivity contribution < 1.29 is 9.47 Å². The quantitative estimate of drug-likeness (QED) is 0.546. The van der Waals surface area contributed by atoms with E-state index in [1.807, 2.05) is 36.4 Å². The normalized spacial score (nSPS) is 10.3. The molecule has 0 bridgehead atoms. The van der Waals surface area contributed by atoms with E-state index in [2.05, 4.69) is 32.6 Å². The molecule has 0 saturated carbocycles. The highest BCUT2D eigenvalue weighted by Crippen LogP contribution is 2.30. The number of nitrogens with zero attached hydrogens (tertiary/aromatic N) is 3. The van der Waals surface area contributed by atoms with Crippen LogP contribution in [-0.2, 0) is 6.61 Å². The van der Waals surface area contributed by atoms with Gasteiger partial charge >= 0.3 is 0 Å². The van der Waals surface area contributed by atoms with Gasteiger partial charge in [0, 0.05) is 14.7 Å². The molecule has 0 aliphatic carbocycles. The lowest BCUT2D eigenvalue weighted by Gasteiger charge is -2.13. The van der Waals surface area contributed by atoms with E-state index in [0.717, 1.165) is 14.9 Å². The van der Waals surface area contributed by atoms with Crippen LogP contribution in [0.1, 0.15) is 11.1 Å². The van der Waals surface area contributed by atoms with Gasteiger partial charge in [0.25, 0.3) is 0 Å². The first-order valence-corrected chi connectivity index (χ1v) is 8.98. The number of nitrogens with two attached hydrogens (primary N) is 2. The third-order valence-corrected chi connectivity index (χ3v) is 4.55. The van der Waals surface area contributed by atoms with Crippen LogP contribution in [0.3, 0.4) is 0 Å². The molecule has 27 heavy (non-hydrogen) atoms. The number of hydrogen-bond acceptors (Lipinski definition) is 7. The summed E-state index contributed by atoms with van der Waals surface area (Å²) in [6, 6.07) is 15.2. The molecule has 0 spiro atoms. The summed E-state index contributed by atoms with van der Waals surface area (Å²) in [5.74, 6) is 1.47. The first-order valence-electron chi connectivity index (χ1n) is 7.90. The Bertz CT molecular complexity index is 1020. The second kappa shape index (κ2) is 8.09. The summed E-state index contributed by atoms with van der Waals surface area (Å²) < 4.78 is 12.4. The van der Waals surface area contributed by atoms with Gasteiger partial charge in [-0.2, -0.15) is 10.2 Å². The molecule has 0 aliphatic rings. The van der Waals surface area contributed by atoms with Gasteiger partial charge in [-0.1, -0.05) is 0 Å². The van der Waals surface area contributed by atoms with E-state index in [-0.39, 0.29) is 23.9 Å². The average molecular weight is 473 g/mol. The molecular weight excluding hydrogens is 457 g/mol. The minimum Gasteiger partial charge on any atom is -0.496 e. The van der Waals surface area contributed by atoms with Crippen LogP contribution < -0.4 is 20.9 Å². The van der Waals surface area contributed by atoms with Gasteiger partial charge in [-0.05, 0) is 65.1 Å². The summed E-state index contributed by atoms with van der Waals surface area (Å²) in [5.41, 5.74) is 13.5. The van der Waals surface area contributed by atoms with Crippen molar-refractivity contribution in [1.82, 2.24) is 9.97 Å². The number of benzene rings is 2. The van der Waals surface area contributed by atoms with E-state index in [9.17, 15) is 5.26 Å². The van der Waals surface area contributed by atoms with Gasteiger partial charge in [0.2, 0.25) is 5.95 Å². The lowest BCUT2D eigenvalue weighted by atomic mass is 10.0. The Morgan fingerprint density at radius 1 is 1.11 bits per heavy atom. The summed E-state index contributed by atoms with van der Waals surface area (Å²) >= 11 is 2.24. The summed E-state index contributed by atoms with van der Waals surface area (Å²) in [5, 5.41) is 9.40. The van der Waals surface area contributed by atoms with Crippen molar-refractivity contribution in [3.63, 3.8) is 0 Å². The molecule has 1 heterocycles. The van der Waals surface area contributed by atoms with Crippen LogP contribution in [0.25, 0.3) is 11.3 Å². The Morgan fingerprint density at radius 3 is 2.52 bits per heavy atom. The minimum atomic E-state index is 0.00834. The fraction of sp³-hybridized carbons (Fsp3) is 0.105. The molecule has 0 aliphatic heterocycles. The molecule has 1 aromatic heterocycles. The summed E-state index contributed by atoms with van der Waals surface area (Å²) in [4.78, 5) is 8.02. The lowest BCUT2D eigenvalue weighted by molar-refractivity contribution is 0.296. The number of methoxy groups -OCH3 is 1. The summed E-state index contributed by atoms with van der Waals surface area (Å²) in [7, 11) is 1.59. The smallest absolute Gasteiger partial charge is 0.222 e. The van der Waals surface area contributed by atoms with Crippen molar-refractivity contribution in [1.29, 1.82) is 5.26 Å². The number of rotatable bonds is 5. The van der Waals surface area contributed by atoms with Crippen LogP contribution in [0.4, 0.5) is 11.8 Å². The molecule has 0 saturated heterocycles. The molecule has 4 N–H and O–H groups in total. The second-order valence-electron chi connectivity index (χ2n) is 5.57. The molecule has 2 aromatic carbocycles. The Morgan fingerprint density at radius 2 is 1.85 bits per heavy atom. The summed E-state index contributed by atoms with van der Waals surface area (Å²) in [6.45, 7) is 0.287. The number of halogens is 1. The van der Waals surface area contributed by atoms with Gasteiger partial charge in [0.05, 0.1) is 12.8 Å². The summed E-state index contributed by atoms with van der Waals surface area (Å²) in [6.07, 6.45) is 0. The first-order chi connectivity index (χ1) is 13.0. The van der Waals surface area contributed by atoms with Gasteiger partial charge < -0.3 is 20.9 Å². The molecule has 8 heteroatoms. The SMILES string of the molecule is COc1ccc(-c2nc(N)nc(N)c2C#N)cc1COc1ccc(I)cc1. The van der Waals surface area contributed by atoms with Crippen LogP contribution in [0.15, 0.2) is 42.5 Å². The van der Waals surface area contributed by atoms with E-state index in [1.165, 1.54) is 0 Å². The van der Waals surface area contributed by atoms with Crippen molar-refractivity contribution in [2.45, 2.75) is 6.61 Å². The maximum atomic E-state index is 9.40. The van der Waals surface area contributed by atoms with Crippen LogP contribution >= 0.6 is 22.6 Å². The minimum absolute atomic E-state index is 0.00834. The number of hydrogen-bond donors (Lipinski definition) is 2. The first kappa shape index (κ1) is 18.7. The Labute approximate surface area is 170 Å². The third kappa shape index (κ3) is 4.20. The largest absolute Gasteiger partial charge is 0.496 e. The molecule has 0 unspecified atom stereocenters. The number of anilines is 2. The van der Waals surface area contributed by atoms with Crippen LogP contribution in [0, 0.1) is 14.9 Å². The van der Waals surface area contributed by atoms with Crippen molar-refractivity contribution >= 4 is 34.4 Å². The molecule has 0 radical (unpaired) electrons. The zero-order valence-corrected chi connectivity index (χ0v) is 16.6. The van der Waals surface area contributed by atoms with Crippen molar-refractivity contribution in [2.24, 2.45) is 0 Å². The zero-order chi connectivity index (χ0) is 19.4. The van der Waals surface area contributed by atoms with Crippen LogP contribution in [0.5, 0.6) is 11.5 Å². The maximum Gasteiger partial charge on any atom is 0.222 e. The Balaban J connectivity index is 1.97. The van der Waals surface area contributed by atoms with Gasteiger partial charge in [-0.25, -0.2) is 4.98 Å². The fourth-order valence-corrected chi connectivity index (χ4v) is 2.91. The van der Waals surface area contributed by atoms with Crippen molar-refractivity contribution in [2.75, 3.05) is 18.6 Å². The maximum absolute atomic E-state index is 9.40. The van der Waals surface area contributed by atoms with Crippen molar-refractivity contribution in [3.05, 3.63) is 57.2 Å². The van der Waals surface area contributed by atoms with Crippen LogP contribution in [0.2, 0.25) is 0 Å². The van der Waals surface area contributed by atoms with Gasteiger partial charge in [0.15, 0.2) is 0 Å². The fourth-order valence-electron chi connectivity index (χ4n) is 2.55. The monoisotopic (exact) mass is 473 g/mol. The average Bonchev–Trinajstić information content (AvgIpc) is 2.66. The van der Waals surface area contributed by atoms with E-state index in [4.69, 9.17) is 20.9 Å². The van der Waals surface area contributed by atoms with E-state index in [0.29, 0.717) is 17.0 Å². The van der Waals surface area contributed by atoms with Crippen LogP contribution in [-0.4, -0.2) is 17.1 Å². The highest BCUT2D eigenvalue weighted by Gasteiger charge is 2.15. The standard InChI is InChI=1S/C19H16IN5O2/c1-26-16-7-2-11(17-15(9-21)18(22)25-19(23)24-17)8-12(16)10-27-14-5-3-13(20)4-6-14/h2-8H,10H2,1H3,(H4,22,23,24,25). The topological polar surface area (TPSA) is 120 Å². The van der Waals surface area contributed by atoms with E-state index < -0.39 is 0 Å². The molecule has 3 rings (SSSR count). The number of aromatic nitrogens is 2. The Kier molecular flexibility index (Phi) is 5.61. The Hall–Kier alpha value is -3.06. The number of nitriles is 1. The molecule has 136 valence electrons. The zero-order valence-electron chi connectivity index (χ0n) is 14.4. The van der Waals surface area contributed by atoms with Gasteiger partial charge in [-0.15, -0.1) is 0 Å². The third-order valence-electron chi connectivity index (χ3n) is 3.83. The van der Waals surface area contributed by atoms with E-state index in [1.54, 1.807) is 19.2 Å². The van der Waals surface area contributed by atoms with Gasteiger partial charge in [-0.3, -0.25) is 0 Å². The van der Waals surface area contributed by atoms with Crippen molar-refractivity contribution in [3.8, 4) is 28.8 Å².